The number of nitrogens with one attached hydrogen (secondary N) is 2. The van der Waals surface area contributed by atoms with Crippen LogP contribution in [-0.2, 0) is 6.54 Å². The Kier molecular flexibility index (Phi) is 5.18. The molecule has 2 N–H and O–H groups in total. The van der Waals surface area contributed by atoms with Crippen molar-refractivity contribution in [2.24, 2.45) is 0 Å². The summed E-state index contributed by atoms with van der Waals surface area (Å²) >= 11 is 0. The molecule has 0 bridgehead atoms. The van der Waals surface area contributed by atoms with Gasteiger partial charge in [0.2, 0.25) is 0 Å². The van der Waals surface area contributed by atoms with Crippen LogP contribution in [0.2, 0.25) is 0 Å². The van der Waals surface area contributed by atoms with Crippen molar-refractivity contribution in [3.63, 3.8) is 0 Å². The average molecular weight is 403 g/mol. The van der Waals surface area contributed by atoms with Crippen molar-refractivity contribution < 1.29 is 9.53 Å². The highest BCUT2D eigenvalue weighted by molar-refractivity contribution is 6.04. The summed E-state index contributed by atoms with van der Waals surface area (Å²) in [6.45, 7) is 2.89. The highest BCUT2D eigenvalue weighted by Crippen LogP contribution is 2.33. The number of H-pyrrole nitrogens is 1. The van der Waals surface area contributed by atoms with Crippen molar-refractivity contribution >= 4 is 28.3 Å². The fraction of sp³-hybridized carbons (Fsp3) is 0.217. The highest BCUT2D eigenvalue weighted by Gasteiger charge is 2.16. The molecule has 1 amide bonds. The zero-order valence-electron chi connectivity index (χ0n) is 17.6. The molecule has 7 nitrogen and oxygen atoms in total. The second-order valence-electron chi connectivity index (χ2n) is 7.23. The van der Waals surface area contributed by atoms with Gasteiger partial charge in [-0.2, -0.15) is 5.10 Å². The Bertz CT molecular complexity index is 1190. The van der Waals surface area contributed by atoms with Crippen molar-refractivity contribution in [1.82, 2.24) is 14.8 Å². The van der Waals surface area contributed by atoms with Crippen LogP contribution in [0, 0.1) is 0 Å². The third-order valence-corrected chi connectivity index (χ3v) is 5.18. The molecule has 2 aromatic heterocycles. The fourth-order valence-corrected chi connectivity index (χ4v) is 3.62. The van der Waals surface area contributed by atoms with Gasteiger partial charge in [0, 0.05) is 43.3 Å². The van der Waals surface area contributed by atoms with E-state index in [9.17, 15) is 4.79 Å². The minimum Gasteiger partial charge on any atom is -0.496 e. The molecule has 0 fully saturated rings. The van der Waals surface area contributed by atoms with Crippen molar-refractivity contribution in [3.8, 4) is 17.1 Å². The van der Waals surface area contributed by atoms with Crippen LogP contribution in [0.15, 0.2) is 54.6 Å². The predicted molar refractivity (Wildman–Crippen MR) is 120 cm³/mol. The summed E-state index contributed by atoms with van der Waals surface area (Å²) < 4.78 is 7.70. The molecule has 0 aliphatic carbocycles. The molecule has 0 spiro atoms. The lowest BCUT2D eigenvalue weighted by Crippen LogP contribution is -2.13. The minimum atomic E-state index is -0.198. The van der Waals surface area contributed by atoms with Gasteiger partial charge in [-0.15, -0.1) is 0 Å². The number of aromatic amines is 1. The molecule has 0 saturated carbocycles. The summed E-state index contributed by atoms with van der Waals surface area (Å²) in [6, 6.07) is 17.4. The number of rotatable bonds is 6. The minimum absolute atomic E-state index is 0.198. The van der Waals surface area contributed by atoms with Gasteiger partial charge in [-0.05, 0) is 49.4 Å². The van der Waals surface area contributed by atoms with Crippen LogP contribution in [-0.4, -0.2) is 41.9 Å². The van der Waals surface area contributed by atoms with Crippen molar-refractivity contribution in [3.05, 3.63) is 60.2 Å². The van der Waals surface area contributed by atoms with Gasteiger partial charge < -0.3 is 19.5 Å². The van der Waals surface area contributed by atoms with Crippen LogP contribution >= 0.6 is 0 Å². The molecule has 154 valence electrons. The lowest BCUT2D eigenvalue weighted by molar-refractivity contribution is 0.102. The van der Waals surface area contributed by atoms with Crippen LogP contribution < -0.4 is 15.0 Å². The number of ether oxygens (including phenoxy) is 1. The summed E-state index contributed by atoms with van der Waals surface area (Å²) in [7, 11) is 5.60. The van der Waals surface area contributed by atoms with E-state index in [4.69, 9.17) is 4.74 Å². The number of aromatic nitrogens is 3. The lowest BCUT2D eigenvalue weighted by Gasteiger charge is -2.12. The van der Waals surface area contributed by atoms with E-state index in [0.29, 0.717) is 11.4 Å². The quantitative estimate of drug-likeness (QED) is 0.501. The highest BCUT2D eigenvalue weighted by atomic mass is 16.5. The molecule has 2 heterocycles. The topological polar surface area (TPSA) is 75.2 Å². The normalized spacial score (nSPS) is 10.9. The third-order valence-electron chi connectivity index (χ3n) is 5.18. The maximum atomic E-state index is 12.6. The van der Waals surface area contributed by atoms with Crippen LogP contribution in [0.5, 0.6) is 5.75 Å². The summed E-state index contributed by atoms with van der Waals surface area (Å²) in [5, 5.41) is 11.2. The third kappa shape index (κ3) is 3.50. The van der Waals surface area contributed by atoms with E-state index in [1.807, 2.05) is 49.3 Å². The first-order valence-electron chi connectivity index (χ1n) is 9.82. The Labute approximate surface area is 175 Å². The molecule has 0 unspecified atom stereocenters. The maximum absolute atomic E-state index is 12.6. The van der Waals surface area contributed by atoms with E-state index in [1.54, 1.807) is 19.2 Å². The van der Waals surface area contributed by atoms with E-state index < -0.39 is 0 Å². The molecule has 0 radical (unpaired) electrons. The summed E-state index contributed by atoms with van der Waals surface area (Å²) in [5.74, 6) is 1.11. The van der Waals surface area contributed by atoms with E-state index in [0.717, 1.165) is 40.3 Å². The van der Waals surface area contributed by atoms with Gasteiger partial charge >= 0.3 is 0 Å². The zero-order valence-corrected chi connectivity index (χ0v) is 17.6. The summed E-state index contributed by atoms with van der Waals surface area (Å²) in [4.78, 5) is 14.6. The van der Waals surface area contributed by atoms with E-state index in [2.05, 4.69) is 39.1 Å². The van der Waals surface area contributed by atoms with E-state index >= 15 is 0 Å². The van der Waals surface area contributed by atoms with Crippen molar-refractivity contribution in [2.45, 2.75) is 13.5 Å². The number of carbonyl (C=O) groups is 1. The van der Waals surface area contributed by atoms with E-state index in [-0.39, 0.29) is 5.91 Å². The number of nitrogens with zero attached hydrogens (tertiary/aromatic N) is 3. The molecular weight excluding hydrogens is 378 g/mol. The monoisotopic (exact) mass is 403 g/mol. The number of anilines is 2. The molecule has 30 heavy (non-hydrogen) atoms. The first kappa shape index (κ1) is 19.6. The van der Waals surface area contributed by atoms with Crippen molar-refractivity contribution in [2.75, 3.05) is 31.4 Å². The average Bonchev–Trinajstić information content (AvgIpc) is 3.37. The largest absolute Gasteiger partial charge is 0.496 e. The number of hydrogen-bond acceptors (Lipinski definition) is 4. The Morgan fingerprint density at radius 1 is 1.17 bits per heavy atom. The number of methoxy groups -OCH3 is 1. The Morgan fingerprint density at radius 2 is 1.93 bits per heavy atom. The molecule has 7 heteroatoms. The van der Waals surface area contributed by atoms with Gasteiger partial charge in [-0.25, -0.2) is 0 Å². The number of fused-ring (bicyclic) bond motifs is 1. The standard InChI is InChI=1S/C23H25N5O2/c1-5-28-19-7-6-8-21(30-4)17(19)13-20(28)18-14-22(26-25-18)24-23(29)15-9-11-16(12-10-15)27(2)3/h6-14H,5H2,1-4H3,(H2,24,25,26,29). The van der Waals surface area contributed by atoms with Crippen LogP contribution in [0.1, 0.15) is 17.3 Å². The first-order chi connectivity index (χ1) is 14.5. The number of carbonyl (C=O) groups excluding carboxylic acids is 1. The summed E-state index contributed by atoms with van der Waals surface area (Å²) in [6.07, 6.45) is 0. The number of aryl methyl sites for hydroxylation is 1. The first-order valence-corrected chi connectivity index (χ1v) is 9.82. The molecule has 2 aromatic carbocycles. The second kappa shape index (κ2) is 7.94. The van der Waals surface area contributed by atoms with Crippen molar-refractivity contribution in [1.29, 1.82) is 0 Å². The molecule has 0 aliphatic rings. The molecule has 0 saturated heterocycles. The predicted octanol–water partition coefficient (Wildman–Crippen LogP) is 4.38. The number of amides is 1. The van der Waals surface area contributed by atoms with Gasteiger partial charge in [0.05, 0.1) is 24.0 Å². The summed E-state index contributed by atoms with van der Waals surface area (Å²) in [5.41, 5.74) is 4.52. The molecule has 4 rings (SSSR count). The second-order valence-corrected chi connectivity index (χ2v) is 7.23. The Morgan fingerprint density at radius 3 is 2.60 bits per heavy atom. The Hall–Kier alpha value is -3.74. The van der Waals surface area contributed by atoms with Gasteiger partial charge in [-0.1, -0.05) is 6.07 Å². The van der Waals surface area contributed by atoms with Gasteiger partial charge in [-0.3, -0.25) is 9.89 Å². The SMILES string of the molecule is CCn1c(-c2cc(NC(=O)c3ccc(N(C)C)cc3)n[nH]2)cc2c(OC)cccc21. The van der Waals surface area contributed by atoms with E-state index in [1.165, 1.54) is 0 Å². The van der Waals surface area contributed by atoms with Crippen LogP contribution in [0.25, 0.3) is 22.3 Å². The maximum Gasteiger partial charge on any atom is 0.256 e. The molecule has 4 aromatic rings. The molecular formula is C23H25N5O2. The van der Waals surface area contributed by atoms with Gasteiger partial charge in [0.1, 0.15) is 5.75 Å². The fourth-order valence-electron chi connectivity index (χ4n) is 3.62. The molecule has 0 aliphatic heterocycles. The van der Waals surface area contributed by atoms with Crippen LogP contribution in [0.4, 0.5) is 11.5 Å². The van der Waals surface area contributed by atoms with Gasteiger partial charge in [0.25, 0.3) is 5.91 Å². The number of hydrogen-bond donors (Lipinski definition) is 2. The van der Waals surface area contributed by atoms with Gasteiger partial charge in [0.15, 0.2) is 5.82 Å². The lowest BCUT2D eigenvalue weighted by atomic mass is 10.2. The van der Waals surface area contributed by atoms with Crippen LogP contribution in [0.3, 0.4) is 0 Å². The zero-order chi connectivity index (χ0) is 21.3. The number of benzene rings is 2. The smallest absolute Gasteiger partial charge is 0.256 e. The Balaban J connectivity index is 1.60. The molecule has 0 atom stereocenters.